The van der Waals surface area contributed by atoms with Crippen molar-refractivity contribution < 1.29 is 19.1 Å². The van der Waals surface area contributed by atoms with Crippen molar-refractivity contribution in [3.05, 3.63) is 28.2 Å². The molecule has 0 heterocycles. The third kappa shape index (κ3) is 5.44. The summed E-state index contributed by atoms with van der Waals surface area (Å²) >= 11 is 11.7. The highest BCUT2D eigenvalue weighted by Crippen LogP contribution is 2.28. The first-order chi connectivity index (χ1) is 9.85. The molecule has 0 aliphatic rings. The monoisotopic (exact) mass is 333 g/mol. The molecule has 1 amide bonds. The van der Waals surface area contributed by atoms with Crippen LogP contribution in [0.2, 0.25) is 10.0 Å². The van der Waals surface area contributed by atoms with E-state index in [1.54, 1.807) is 19.1 Å². The molecule has 21 heavy (non-hydrogen) atoms. The van der Waals surface area contributed by atoms with Gasteiger partial charge in [0.05, 0.1) is 5.02 Å². The van der Waals surface area contributed by atoms with Crippen molar-refractivity contribution in [3.63, 3.8) is 0 Å². The van der Waals surface area contributed by atoms with E-state index in [-0.39, 0.29) is 5.91 Å². The number of amides is 1. The van der Waals surface area contributed by atoms with Crippen molar-refractivity contribution in [3.8, 4) is 5.75 Å². The predicted molar refractivity (Wildman–Crippen MR) is 80.8 cm³/mol. The SMILES string of the molecule is CCNC(=O)[C@H](C)OC(=O)[C@H](C)Oc1ccc(Cl)cc1Cl. The summed E-state index contributed by atoms with van der Waals surface area (Å²) in [7, 11) is 0. The van der Waals surface area contributed by atoms with Gasteiger partial charge in [-0.1, -0.05) is 23.2 Å². The Bertz CT molecular complexity index is 522. The van der Waals surface area contributed by atoms with Gasteiger partial charge in [0.15, 0.2) is 12.2 Å². The van der Waals surface area contributed by atoms with Gasteiger partial charge in [-0.05, 0) is 39.0 Å². The van der Waals surface area contributed by atoms with Crippen LogP contribution < -0.4 is 10.1 Å². The van der Waals surface area contributed by atoms with E-state index >= 15 is 0 Å². The third-order valence-electron chi connectivity index (χ3n) is 2.54. The minimum absolute atomic E-state index is 0.291. The zero-order valence-electron chi connectivity index (χ0n) is 12.0. The Hall–Kier alpha value is -1.46. The molecule has 0 saturated heterocycles. The maximum absolute atomic E-state index is 11.8. The number of likely N-dealkylation sites (N-methyl/N-ethyl adjacent to an activating group) is 1. The molecule has 0 aliphatic heterocycles. The summed E-state index contributed by atoms with van der Waals surface area (Å²) in [4.78, 5) is 23.3. The van der Waals surface area contributed by atoms with E-state index in [1.807, 2.05) is 0 Å². The summed E-state index contributed by atoms with van der Waals surface area (Å²) < 4.78 is 10.4. The predicted octanol–water partition coefficient (Wildman–Crippen LogP) is 2.83. The average molecular weight is 334 g/mol. The second-order valence-electron chi connectivity index (χ2n) is 4.31. The van der Waals surface area contributed by atoms with Crippen LogP contribution in [0, 0.1) is 0 Å². The average Bonchev–Trinajstić information content (AvgIpc) is 2.41. The van der Waals surface area contributed by atoms with Gasteiger partial charge in [0.25, 0.3) is 5.91 Å². The molecule has 1 N–H and O–H groups in total. The Balaban J connectivity index is 2.60. The number of carbonyl (C=O) groups is 2. The lowest BCUT2D eigenvalue weighted by atomic mass is 10.3. The highest BCUT2D eigenvalue weighted by molar-refractivity contribution is 6.35. The summed E-state index contributed by atoms with van der Waals surface area (Å²) in [5, 5.41) is 3.32. The fourth-order valence-corrected chi connectivity index (χ4v) is 1.90. The highest BCUT2D eigenvalue weighted by Gasteiger charge is 2.23. The number of hydrogen-bond donors (Lipinski definition) is 1. The molecule has 5 nitrogen and oxygen atoms in total. The van der Waals surface area contributed by atoms with Crippen molar-refractivity contribution in [2.75, 3.05) is 6.54 Å². The smallest absolute Gasteiger partial charge is 0.347 e. The van der Waals surface area contributed by atoms with Crippen LogP contribution in [0.15, 0.2) is 18.2 Å². The van der Waals surface area contributed by atoms with E-state index in [0.29, 0.717) is 22.3 Å². The van der Waals surface area contributed by atoms with E-state index in [0.717, 1.165) is 0 Å². The second kappa shape index (κ2) is 8.10. The van der Waals surface area contributed by atoms with E-state index < -0.39 is 18.2 Å². The minimum atomic E-state index is -0.902. The highest BCUT2D eigenvalue weighted by atomic mass is 35.5. The Kier molecular flexibility index (Phi) is 6.78. The molecule has 0 radical (unpaired) electrons. The maximum atomic E-state index is 11.8. The van der Waals surface area contributed by atoms with Gasteiger partial charge < -0.3 is 14.8 Å². The van der Waals surface area contributed by atoms with Crippen molar-refractivity contribution in [2.24, 2.45) is 0 Å². The van der Waals surface area contributed by atoms with E-state index in [4.69, 9.17) is 32.7 Å². The minimum Gasteiger partial charge on any atom is -0.477 e. The summed E-state index contributed by atoms with van der Waals surface area (Å²) in [6, 6.07) is 4.66. The molecule has 1 aromatic carbocycles. The molecular formula is C14H17Cl2NO4. The van der Waals surface area contributed by atoms with Crippen molar-refractivity contribution in [2.45, 2.75) is 33.0 Å². The summed E-state index contributed by atoms with van der Waals surface area (Å²) in [6.07, 6.45) is -1.79. The molecule has 0 spiro atoms. The van der Waals surface area contributed by atoms with Gasteiger partial charge >= 0.3 is 5.97 Å². The zero-order valence-corrected chi connectivity index (χ0v) is 13.5. The lowest BCUT2D eigenvalue weighted by Gasteiger charge is -2.18. The molecule has 0 aromatic heterocycles. The molecule has 2 atom stereocenters. The van der Waals surface area contributed by atoms with Crippen LogP contribution in [0.1, 0.15) is 20.8 Å². The lowest BCUT2D eigenvalue weighted by Crippen LogP contribution is -2.38. The van der Waals surface area contributed by atoms with Crippen LogP contribution in [0.5, 0.6) is 5.75 Å². The number of nitrogens with one attached hydrogen (secondary N) is 1. The molecule has 1 aromatic rings. The van der Waals surface area contributed by atoms with E-state index in [9.17, 15) is 9.59 Å². The number of carbonyl (C=O) groups excluding carboxylic acids is 2. The Morgan fingerprint density at radius 3 is 2.48 bits per heavy atom. The molecule has 0 aliphatic carbocycles. The zero-order chi connectivity index (χ0) is 16.0. The number of esters is 1. The Labute approximate surface area is 133 Å². The number of halogens is 2. The fraction of sp³-hybridized carbons (Fsp3) is 0.429. The van der Waals surface area contributed by atoms with Gasteiger partial charge in [0.1, 0.15) is 5.75 Å². The van der Waals surface area contributed by atoms with Gasteiger partial charge in [-0.2, -0.15) is 0 Å². The Morgan fingerprint density at radius 2 is 1.90 bits per heavy atom. The van der Waals surface area contributed by atoms with Gasteiger partial charge in [-0.3, -0.25) is 4.79 Å². The van der Waals surface area contributed by atoms with Gasteiger partial charge in [0, 0.05) is 11.6 Å². The third-order valence-corrected chi connectivity index (χ3v) is 3.07. The molecule has 1 rings (SSSR count). The Morgan fingerprint density at radius 1 is 1.24 bits per heavy atom. The largest absolute Gasteiger partial charge is 0.477 e. The number of rotatable bonds is 6. The number of benzene rings is 1. The van der Waals surface area contributed by atoms with Gasteiger partial charge in [0.2, 0.25) is 0 Å². The van der Waals surface area contributed by atoms with Crippen molar-refractivity contribution in [1.82, 2.24) is 5.32 Å². The number of ether oxygens (including phenoxy) is 2. The molecule has 0 unspecified atom stereocenters. The van der Waals surface area contributed by atoms with Crippen molar-refractivity contribution >= 4 is 35.1 Å². The van der Waals surface area contributed by atoms with Crippen LogP contribution in [0.3, 0.4) is 0 Å². The van der Waals surface area contributed by atoms with Crippen LogP contribution in [-0.4, -0.2) is 30.6 Å². The van der Waals surface area contributed by atoms with Gasteiger partial charge in [-0.25, -0.2) is 4.79 Å². The fourth-order valence-electron chi connectivity index (χ4n) is 1.45. The molecular weight excluding hydrogens is 317 g/mol. The topological polar surface area (TPSA) is 64.6 Å². The molecule has 116 valence electrons. The van der Waals surface area contributed by atoms with E-state index in [1.165, 1.54) is 19.9 Å². The second-order valence-corrected chi connectivity index (χ2v) is 5.15. The first-order valence-corrected chi connectivity index (χ1v) is 7.20. The number of hydrogen-bond acceptors (Lipinski definition) is 4. The van der Waals surface area contributed by atoms with Crippen molar-refractivity contribution in [1.29, 1.82) is 0 Å². The lowest BCUT2D eigenvalue weighted by molar-refractivity contribution is -0.160. The quantitative estimate of drug-likeness (QED) is 0.813. The van der Waals surface area contributed by atoms with Crippen LogP contribution in [-0.2, 0) is 14.3 Å². The molecule has 0 fully saturated rings. The van der Waals surface area contributed by atoms with Crippen LogP contribution >= 0.6 is 23.2 Å². The molecule has 7 heteroatoms. The summed E-state index contributed by atoms with van der Waals surface area (Å²) in [5.41, 5.74) is 0. The van der Waals surface area contributed by atoms with Crippen LogP contribution in [0.4, 0.5) is 0 Å². The first kappa shape index (κ1) is 17.6. The summed E-state index contributed by atoms with van der Waals surface area (Å²) in [5.74, 6) is -0.696. The molecule has 0 bridgehead atoms. The van der Waals surface area contributed by atoms with Crippen LogP contribution in [0.25, 0.3) is 0 Å². The maximum Gasteiger partial charge on any atom is 0.347 e. The first-order valence-electron chi connectivity index (χ1n) is 6.45. The summed E-state index contributed by atoms with van der Waals surface area (Å²) in [6.45, 7) is 5.25. The normalized spacial score (nSPS) is 13.2. The van der Waals surface area contributed by atoms with E-state index in [2.05, 4.69) is 5.32 Å². The molecule has 0 saturated carbocycles. The van der Waals surface area contributed by atoms with Gasteiger partial charge in [-0.15, -0.1) is 0 Å². The standard InChI is InChI=1S/C14H17Cl2NO4/c1-4-17-13(18)8(2)21-14(19)9(3)20-12-6-5-10(15)7-11(12)16/h5-9H,4H2,1-3H3,(H,17,18)/t8-,9-/m0/s1.